The molecule has 0 aromatic heterocycles. The van der Waals surface area contributed by atoms with Crippen molar-refractivity contribution < 1.29 is 18.5 Å². The van der Waals surface area contributed by atoms with Crippen LogP contribution in [0.1, 0.15) is 35.2 Å². The predicted molar refractivity (Wildman–Crippen MR) is 99.2 cm³/mol. The van der Waals surface area contributed by atoms with Crippen LogP contribution < -0.4 is 5.32 Å². The molecule has 1 amide bonds. The molecule has 136 valence electrons. The Balaban J connectivity index is 1.57. The summed E-state index contributed by atoms with van der Waals surface area (Å²) >= 11 is 0. The van der Waals surface area contributed by atoms with E-state index in [0.717, 1.165) is 24.8 Å². The Kier molecular flexibility index (Phi) is 5.52. The van der Waals surface area contributed by atoms with Crippen LogP contribution >= 0.6 is 0 Å². The van der Waals surface area contributed by atoms with E-state index < -0.39 is 16.8 Å². The van der Waals surface area contributed by atoms with Gasteiger partial charge in [0.05, 0.1) is 11.1 Å². The van der Waals surface area contributed by atoms with Crippen LogP contribution in [-0.2, 0) is 25.9 Å². The maximum atomic E-state index is 12.3. The zero-order valence-corrected chi connectivity index (χ0v) is 15.4. The number of hydrogen-bond donors (Lipinski definition) is 1. The van der Waals surface area contributed by atoms with Gasteiger partial charge in [-0.25, -0.2) is 4.79 Å². The number of carbonyl (C=O) groups excluding carboxylic acids is 2. The van der Waals surface area contributed by atoms with E-state index in [-0.39, 0.29) is 18.1 Å². The highest BCUT2D eigenvalue weighted by Gasteiger charge is 2.39. The molecule has 2 aromatic carbocycles. The van der Waals surface area contributed by atoms with Gasteiger partial charge in [-0.1, -0.05) is 30.3 Å². The van der Waals surface area contributed by atoms with Gasteiger partial charge in [0.25, 0.3) is 5.91 Å². The summed E-state index contributed by atoms with van der Waals surface area (Å²) in [6.07, 6.45) is 4.39. The van der Waals surface area contributed by atoms with Gasteiger partial charge >= 0.3 is 5.97 Å². The third kappa shape index (κ3) is 4.02. The third-order valence-corrected chi connectivity index (χ3v) is 5.60. The van der Waals surface area contributed by atoms with Gasteiger partial charge in [-0.3, -0.25) is 9.00 Å². The molecule has 5 nitrogen and oxygen atoms in total. The second-order valence-corrected chi connectivity index (χ2v) is 7.78. The molecule has 1 atom stereocenters. The van der Waals surface area contributed by atoms with Crippen LogP contribution in [0.5, 0.6) is 0 Å². The number of esters is 1. The van der Waals surface area contributed by atoms with Gasteiger partial charge in [0, 0.05) is 22.0 Å². The van der Waals surface area contributed by atoms with E-state index in [9.17, 15) is 13.8 Å². The summed E-state index contributed by atoms with van der Waals surface area (Å²) in [5, 5.41) is 3.02. The molecule has 0 saturated heterocycles. The first-order chi connectivity index (χ1) is 12.5. The Bertz CT molecular complexity index is 813. The van der Waals surface area contributed by atoms with Crippen LogP contribution in [0.4, 0.5) is 0 Å². The molecule has 0 spiro atoms. The van der Waals surface area contributed by atoms with Gasteiger partial charge in [-0.2, -0.15) is 0 Å². The molecular formula is C20H21NO4S. The summed E-state index contributed by atoms with van der Waals surface area (Å²) in [6.45, 7) is -0.325. The highest BCUT2D eigenvalue weighted by atomic mass is 32.2. The molecule has 1 aliphatic carbocycles. The minimum atomic E-state index is -1.10. The number of nitrogens with one attached hydrogen (secondary N) is 1. The lowest BCUT2D eigenvalue weighted by atomic mass is 9.72. The summed E-state index contributed by atoms with van der Waals surface area (Å²) in [4.78, 5) is 25.0. The predicted octanol–water partition coefficient (Wildman–Crippen LogP) is 2.78. The molecule has 0 heterocycles. The van der Waals surface area contributed by atoms with Crippen LogP contribution in [0.2, 0.25) is 0 Å². The number of carbonyl (C=O) groups is 2. The fraction of sp³-hybridized carbons (Fsp3) is 0.300. The zero-order valence-electron chi connectivity index (χ0n) is 14.6. The maximum Gasteiger partial charge on any atom is 0.338 e. The van der Waals surface area contributed by atoms with E-state index in [1.807, 2.05) is 30.3 Å². The third-order valence-electron chi connectivity index (χ3n) is 4.67. The quantitative estimate of drug-likeness (QED) is 0.793. The molecule has 1 N–H and O–H groups in total. The topological polar surface area (TPSA) is 72.5 Å². The van der Waals surface area contributed by atoms with Gasteiger partial charge < -0.3 is 10.1 Å². The average molecular weight is 371 g/mol. The lowest BCUT2D eigenvalue weighted by Crippen LogP contribution is -2.51. The summed E-state index contributed by atoms with van der Waals surface area (Å²) in [6, 6.07) is 16.2. The second kappa shape index (κ2) is 7.83. The lowest BCUT2D eigenvalue weighted by Gasteiger charge is -2.43. The first-order valence-electron chi connectivity index (χ1n) is 8.47. The fourth-order valence-electron chi connectivity index (χ4n) is 3.07. The van der Waals surface area contributed by atoms with E-state index in [2.05, 4.69) is 5.32 Å². The Hall–Kier alpha value is -2.47. The minimum Gasteiger partial charge on any atom is -0.452 e. The van der Waals surface area contributed by atoms with Crippen molar-refractivity contribution in [3.05, 3.63) is 65.7 Å². The molecule has 1 unspecified atom stereocenters. The van der Waals surface area contributed by atoms with Crippen LogP contribution in [0.25, 0.3) is 0 Å². The van der Waals surface area contributed by atoms with Crippen molar-refractivity contribution in [2.75, 3.05) is 12.9 Å². The molecule has 1 saturated carbocycles. The van der Waals surface area contributed by atoms with E-state index >= 15 is 0 Å². The molecule has 2 aromatic rings. The van der Waals surface area contributed by atoms with Gasteiger partial charge in [-0.05, 0) is 49.1 Å². The molecule has 0 bridgehead atoms. The minimum absolute atomic E-state index is 0.312. The Labute approximate surface area is 155 Å². The number of benzene rings is 2. The molecule has 0 aliphatic heterocycles. The van der Waals surface area contributed by atoms with Gasteiger partial charge in [0.2, 0.25) is 0 Å². The summed E-state index contributed by atoms with van der Waals surface area (Å²) in [5.41, 5.74) is 1.06. The van der Waals surface area contributed by atoms with E-state index in [4.69, 9.17) is 4.74 Å². The number of amides is 1. The Morgan fingerprint density at radius 1 is 1.08 bits per heavy atom. The number of rotatable bonds is 6. The molecule has 6 heteroatoms. The highest BCUT2D eigenvalue weighted by Crippen LogP contribution is 2.41. The average Bonchev–Trinajstić information content (AvgIpc) is 2.63. The standard InChI is InChI=1S/C20H21NO4S/c1-26(24)17-10-8-15(9-11-17)19(23)25-14-18(22)21-20(12-5-13-20)16-6-3-2-4-7-16/h2-4,6-11H,5,12-14H2,1H3,(H,21,22). The van der Waals surface area contributed by atoms with Crippen LogP contribution in [0.3, 0.4) is 0 Å². The molecular weight excluding hydrogens is 350 g/mol. The Morgan fingerprint density at radius 3 is 2.27 bits per heavy atom. The van der Waals surface area contributed by atoms with Gasteiger partial charge in [-0.15, -0.1) is 0 Å². The molecule has 3 rings (SSSR count). The number of hydrogen-bond acceptors (Lipinski definition) is 4. The van der Waals surface area contributed by atoms with Crippen molar-refractivity contribution in [3.63, 3.8) is 0 Å². The fourth-order valence-corrected chi connectivity index (χ4v) is 3.59. The number of ether oxygens (including phenoxy) is 1. The summed E-state index contributed by atoms with van der Waals surface area (Å²) in [5.74, 6) is -0.885. The van der Waals surface area contributed by atoms with Crippen LogP contribution in [0.15, 0.2) is 59.5 Å². The van der Waals surface area contributed by atoms with Crippen molar-refractivity contribution in [1.29, 1.82) is 0 Å². The molecule has 1 fully saturated rings. The maximum absolute atomic E-state index is 12.3. The van der Waals surface area contributed by atoms with Crippen molar-refractivity contribution in [2.45, 2.75) is 29.7 Å². The van der Waals surface area contributed by atoms with Crippen molar-refractivity contribution in [2.24, 2.45) is 0 Å². The normalized spacial score (nSPS) is 16.2. The van der Waals surface area contributed by atoms with Crippen molar-refractivity contribution in [3.8, 4) is 0 Å². The first-order valence-corrected chi connectivity index (χ1v) is 10.0. The first kappa shape index (κ1) is 18.3. The van der Waals surface area contributed by atoms with E-state index in [0.29, 0.717) is 10.5 Å². The van der Waals surface area contributed by atoms with Crippen LogP contribution in [-0.4, -0.2) is 28.9 Å². The summed E-state index contributed by atoms with van der Waals surface area (Å²) in [7, 11) is -1.10. The molecule has 1 aliphatic rings. The molecule has 26 heavy (non-hydrogen) atoms. The highest BCUT2D eigenvalue weighted by molar-refractivity contribution is 7.84. The van der Waals surface area contributed by atoms with Crippen molar-refractivity contribution >= 4 is 22.7 Å². The Morgan fingerprint density at radius 2 is 1.73 bits per heavy atom. The lowest BCUT2D eigenvalue weighted by molar-refractivity contribution is -0.127. The van der Waals surface area contributed by atoms with Gasteiger partial charge in [0.15, 0.2) is 6.61 Å². The van der Waals surface area contributed by atoms with Crippen molar-refractivity contribution in [1.82, 2.24) is 5.32 Å². The van der Waals surface area contributed by atoms with E-state index in [1.165, 1.54) is 0 Å². The van der Waals surface area contributed by atoms with E-state index in [1.54, 1.807) is 30.5 Å². The van der Waals surface area contributed by atoms with Gasteiger partial charge in [0.1, 0.15) is 0 Å². The van der Waals surface area contributed by atoms with Crippen LogP contribution in [0, 0.1) is 0 Å². The smallest absolute Gasteiger partial charge is 0.338 e. The second-order valence-electron chi connectivity index (χ2n) is 6.40. The SMILES string of the molecule is CS(=O)c1ccc(C(=O)OCC(=O)NC2(c3ccccc3)CCC2)cc1. The largest absolute Gasteiger partial charge is 0.452 e. The monoisotopic (exact) mass is 371 g/mol. The molecule has 0 radical (unpaired) electrons. The zero-order chi connectivity index (χ0) is 18.6. The summed E-state index contributed by atoms with van der Waals surface area (Å²) < 4.78 is 16.5.